The molecule has 174 valence electrons. The maximum absolute atomic E-state index is 13.3. The van der Waals surface area contributed by atoms with E-state index in [-0.39, 0.29) is 48.5 Å². The van der Waals surface area contributed by atoms with Gasteiger partial charge in [0, 0.05) is 31.9 Å². The highest BCUT2D eigenvalue weighted by Crippen LogP contribution is 2.28. The Kier molecular flexibility index (Phi) is 6.83. The minimum atomic E-state index is -3.78. The van der Waals surface area contributed by atoms with Crippen LogP contribution in [-0.2, 0) is 14.6 Å². The van der Waals surface area contributed by atoms with Crippen molar-refractivity contribution in [1.29, 1.82) is 0 Å². The first-order chi connectivity index (χ1) is 16.4. The molecule has 1 unspecified atom stereocenters. The largest absolute Gasteiger partial charge is 0.354 e. The van der Waals surface area contributed by atoms with Crippen LogP contribution in [0, 0.1) is 0 Å². The second-order valence-corrected chi connectivity index (χ2v) is 9.98. The molecule has 0 saturated heterocycles. The Labute approximate surface area is 197 Å². The summed E-state index contributed by atoms with van der Waals surface area (Å²) in [5.41, 5.74) is 1.20. The SMILES string of the molecule is O=C(CCCN1C(=O)c2ccccc2C1=O)NCC(c1cccnc1)S(=O)(=O)c1ccccc1. The van der Waals surface area contributed by atoms with Gasteiger partial charge in [-0.2, -0.15) is 0 Å². The van der Waals surface area contributed by atoms with Gasteiger partial charge in [-0.15, -0.1) is 0 Å². The molecule has 0 saturated carbocycles. The van der Waals surface area contributed by atoms with Crippen molar-refractivity contribution >= 4 is 27.6 Å². The Bertz CT molecular complexity index is 1280. The van der Waals surface area contributed by atoms with Crippen LogP contribution >= 0.6 is 0 Å². The van der Waals surface area contributed by atoms with Crippen molar-refractivity contribution in [2.45, 2.75) is 23.0 Å². The molecule has 1 aliphatic heterocycles. The van der Waals surface area contributed by atoms with Crippen molar-refractivity contribution in [3.05, 3.63) is 95.8 Å². The number of carbonyl (C=O) groups excluding carboxylic acids is 3. The Morgan fingerprint density at radius 1 is 0.912 bits per heavy atom. The minimum absolute atomic E-state index is 0.0402. The van der Waals surface area contributed by atoms with Crippen molar-refractivity contribution in [3.8, 4) is 0 Å². The number of carbonyl (C=O) groups is 3. The highest BCUT2D eigenvalue weighted by atomic mass is 32.2. The third-order valence-corrected chi connectivity index (χ3v) is 7.77. The first-order valence-corrected chi connectivity index (χ1v) is 12.3. The summed E-state index contributed by atoms with van der Waals surface area (Å²) >= 11 is 0. The summed E-state index contributed by atoms with van der Waals surface area (Å²) in [6.45, 7) is -0.0249. The number of pyridine rings is 1. The molecule has 4 rings (SSSR count). The van der Waals surface area contributed by atoms with E-state index in [1.54, 1.807) is 60.8 Å². The number of rotatable bonds is 9. The van der Waals surface area contributed by atoms with E-state index in [0.29, 0.717) is 16.7 Å². The molecule has 2 aromatic carbocycles. The maximum Gasteiger partial charge on any atom is 0.261 e. The number of aromatic nitrogens is 1. The lowest BCUT2D eigenvalue weighted by Gasteiger charge is -2.19. The van der Waals surface area contributed by atoms with Crippen LogP contribution in [-0.4, -0.2) is 49.1 Å². The summed E-state index contributed by atoms with van der Waals surface area (Å²) in [4.78, 5) is 42.7. The molecule has 3 aromatic rings. The third-order valence-electron chi connectivity index (χ3n) is 5.65. The fourth-order valence-corrected chi connectivity index (χ4v) is 5.55. The summed E-state index contributed by atoms with van der Waals surface area (Å²) in [7, 11) is -3.78. The zero-order chi connectivity index (χ0) is 24.1. The highest BCUT2D eigenvalue weighted by Gasteiger charge is 2.34. The molecule has 0 radical (unpaired) electrons. The van der Waals surface area contributed by atoms with E-state index in [1.807, 2.05) is 0 Å². The smallest absolute Gasteiger partial charge is 0.261 e. The molecule has 2 heterocycles. The lowest BCUT2D eigenvalue weighted by Crippen LogP contribution is -2.34. The molecule has 1 aliphatic rings. The molecular weight excluding hydrogens is 454 g/mol. The standard InChI is InChI=1S/C25H23N3O5S/c29-23(13-7-15-28-24(30)20-11-4-5-12-21(20)25(28)31)27-17-22(18-8-6-14-26-16-18)34(32,33)19-9-2-1-3-10-19/h1-6,8-12,14,16,22H,7,13,15,17H2,(H,27,29). The molecule has 0 fully saturated rings. The molecule has 1 atom stereocenters. The number of sulfone groups is 1. The lowest BCUT2D eigenvalue weighted by atomic mass is 10.1. The minimum Gasteiger partial charge on any atom is -0.354 e. The molecule has 8 nitrogen and oxygen atoms in total. The number of amides is 3. The van der Waals surface area contributed by atoms with Gasteiger partial charge in [-0.3, -0.25) is 24.3 Å². The van der Waals surface area contributed by atoms with E-state index in [0.717, 1.165) is 4.90 Å². The first kappa shape index (κ1) is 23.3. The molecular formula is C25H23N3O5S. The van der Waals surface area contributed by atoms with Crippen molar-refractivity contribution in [1.82, 2.24) is 15.2 Å². The van der Waals surface area contributed by atoms with Gasteiger partial charge < -0.3 is 5.32 Å². The van der Waals surface area contributed by atoms with E-state index >= 15 is 0 Å². The van der Waals surface area contributed by atoms with Gasteiger partial charge in [-0.1, -0.05) is 36.4 Å². The average molecular weight is 478 g/mol. The molecule has 34 heavy (non-hydrogen) atoms. The van der Waals surface area contributed by atoms with Crippen LogP contribution in [0.15, 0.2) is 84.0 Å². The summed E-state index contributed by atoms with van der Waals surface area (Å²) in [6.07, 6.45) is 3.33. The van der Waals surface area contributed by atoms with Gasteiger partial charge in [0.05, 0.1) is 16.0 Å². The number of nitrogens with one attached hydrogen (secondary N) is 1. The van der Waals surface area contributed by atoms with E-state index in [2.05, 4.69) is 10.3 Å². The number of hydrogen-bond acceptors (Lipinski definition) is 6. The van der Waals surface area contributed by atoms with Gasteiger partial charge >= 0.3 is 0 Å². The Balaban J connectivity index is 1.37. The molecule has 3 amide bonds. The summed E-state index contributed by atoms with van der Waals surface area (Å²) < 4.78 is 26.5. The van der Waals surface area contributed by atoms with Gasteiger partial charge in [-0.05, 0) is 42.3 Å². The summed E-state index contributed by atoms with van der Waals surface area (Å²) in [6, 6.07) is 18.0. The number of benzene rings is 2. The van der Waals surface area contributed by atoms with Crippen molar-refractivity contribution in [3.63, 3.8) is 0 Å². The van der Waals surface area contributed by atoms with E-state index in [9.17, 15) is 22.8 Å². The molecule has 9 heteroatoms. The third kappa shape index (κ3) is 4.74. The van der Waals surface area contributed by atoms with Crippen LogP contribution in [0.1, 0.15) is 44.4 Å². The predicted molar refractivity (Wildman–Crippen MR) is 125 cm³/mol. The normalized spacial score (nSPS) is 14.1. The summed E-state index contributed by atoms with van der Waals surface area (Å²) in [5, 5.41) is 1.68. The van der Waals surface area contributed by atoms with Gasteiger partial charge in [0.15, 0.2) is 9.84 Å². The van der Waals surface area contributed by atoms with Crippen molar-refractivity contribution in [2.75, 3.05) is 13.1 Å². The maximum atomic E-state index is 13.3. The van der Waals surface area contributed by atoms with E-state index in [4.69, 9.17) is 0 Å². The number of fused-ring (bicyclic) bond motifs is 1. The zero-order valence-electron chi connectivity index (χ0n) is 18.3. The quantitative estimate of drug-likeness (QED) is 0.474. The van der Waals surface area contributed by atoms with E-state index < -0.39 is 15.1 Å². The Morgan fingerprint density at radius 2 is 1.56 bits per heavy atom. The van der Waals surface area contributed by atoms with Crippen LogP contribution in [0.3, 0.4) is 0 Å². The monoisotopic (exact) mass is 477 g/mol. The van der Waals surface area contributed by atoms with Crippen LogP contribution in [0.5, 0.6) is 0 Å². The second kappa shape index (κ2) is 9.96. The van der Waals surface area contributed by atoms with E-state index in [1.165, 1.54) is 18.3 Å². The Hall–Kier alpha value is -3.85. The lowest BCUT2D eigenvalue weighted by molar-refractivity contribution is -0.121. The molecule has 1 N–H and O–H groups in total. The summed E-state index contributed by atoms with van der Waals surface area (Å²) in [5.74, 6) is -1.10. The van der Waals surface area contributed by atoms with Crippen molar-refractivity contribution in [2.24, 2.45) is 0 Å². The van der Waals surface area contributed by atoms with Crippen molar-refractivity contribution < 1.29 is 22.8 Å². The van der Waals surface area contributed by atoms with Gasteiger partial charge in [-0.25, -0.2) is 8.42 Å². The van der Waals surface area contributed by atoms with Gasteiger partial charge in [0.25, 0.3) is 11.8 Å². The molecule has 1 aromatic heterocycles. The average Bonchev–Trinajstić information content (AvgIpc) is 3.10. The Morgan fingerprint density at radius 3 is 2.18 bits per heavy atom. The second-order valence-electron chi connectivity index (χ2n) is 7.85. The molecule has 0 aliphatic carbocycles. The molecule has 0 bridgehead atoms. The number of nitrogens with zero attached hydrogens (tertiary/aromatic N) is 2. The molecule has 0 spiro atoms. The zero-order valence-corrected chi connectivity index (χ0v) is 19.1. The number of imide groups is 1. The topological polar surface area (TPSA) is 114 Å². The van der Waals surface area contributed by atoms with Crippen LogP contribution < -0.4 is 5.32 Å². The fourth-order valence-electron chi connectivity index (χ4n) is 3.88. The van der Waals surface area contributed by atoms with Crippen LogP contribution in [0.2, 0.25) is 0 Å². The highest BCUT2D eigenvalue weighted by molar-refractivity contribution is 7.91. The first-order valence-electron chi connectivity index (χ1n) is 10.8. The van der Waals surface area contributed by atoms with Gasteiger partial charge in [0.2, 0.25) is 5.91 Å². The van der Waals surface area contributed by atoms with Gasteiger partial charge in [0.1, 0.15) is 5.25 Å². The predicted octanol–water partition coefficient (Wildman–Crippen LogP) is 2.79. The number of hydrogen-bond donors (Lipinski definition) is 1. The van der Waals surface area contributed by atoms with Crippen LogP contribution in [0.4, 0.5) is 0 Å². The fraction of sp³-hybridized carbons (Fsp3) is 0.200. The van der Waals surface area contributed by atoms with Crippen LogP contribution in [0.25, 0.3) is 0 Å².